The van der Waals surface area contributed by atoms with Gasteiger partial charge >= 0.3 is 12.1 Å². The molecule has 15 heteroatoms. The number of ether oxygens (including phenoxy) is 4. The van der Waals surface area contributed by atoms with Crippen molar-refractivity contribution in [3.63, 3.8) is 0 Å². The van der Waals surface area contributed by atoms with E-state index in [1.54, 1.807) is 0 Å². The monoisotopic (exact) mass is 576 g/mol. The van der Waals surface area contributed by atoms with Gasteiger partial charge in [-0.15, -0.1) is 0 Å². The molecule has 0 fully saturated rings. The molecule has 0 bridgehead atoms. The van der Waals surface area contributed by atoms with Crippen LogP contribution in [0.1, 0.15) is 5.76 Å². The van der Waals surface area contributed by atoms with Gasteiger partial charge in [0.15, 0.2) is 12.4 Å². The Balaban J connectivity index is 1.61. The molecular weight excluding hydrogens is 564 g/mol. The third-order valence-corrected chi connectivity index (χ3v) is 5.08. The molecule has 0 atom stereocenters. The Kier molecular flexibility index (Phi) is 7.57. The van der Waals surface area contributed by atoms with Gasteiger partial charge in [-0.3, -0.25) is 4.79 Å². The van der Waals surface area contributed by atoms with E-state index in [4.69, 9.17) is 18.6 Å². The quantitative estimate of drug-likeness (QED) is 0.0841. The van der Waals surface area contributed by atoms with Gasteiger partial charge in [0.2, 0.25) is 40.3 Å². The van der Waals surface area contributed by atoms with Gasteiger partial charge in [0.1, 0.15) is 22.8 Å². The number of methoxy groups -OCH3 is 1. The van der Waals surface area contributed by atoms with E-state index in [-0.39, 0.29) is 11.5 Å². The number of esters is 1. The highest BCUT2D eigenvalue weighted by Crippen LogP contribution is 2.39. The number of hydrogen-bond acceptors (Lipinski definition) is 7. The zero-order valence-electron chi connectivity index (χ0n) is 19.6. The second-order valence-corrected chi connectivity index (χ2v) is 7.69. The first-order valence-corrected chi connectivity index (χ1v) is 10.7. The second-order valence-electron chi connectivity index (χ2n) is 7.69. The second kappa shape index (κ2) is 10.7. The molecule has 210 valence electrons. The molecule has 1 aromatic heterocycles. The minimum atomic E-state index is -5.21. The van der Waals surface area contributed by atoms with Gasteiger partial charge in [-0.1, -0.05) is 6.07 Å². The lowest BCUT2D eigenvalue weighted by molar-refractivity contribution is -0.154. The van der Waals surface area contributed by atoms with Crippen molar-refractivity contribution in [1.29, 1.82) is 0 Å². The van der Waals surface area contributed by atoms with Crippen LogP contribution in [0, 0.1) is 29.1 Å². The Bertz CT molecular complexity index is 1650. The molecule has 40 heavy (non-hydrogen) atoms. The van der Waals surface area contributed by atoms with Gasteiger partial charge in [0, 0.05) is 12.1 Å². The standard InChI is InChI=1S/C25H12F8O7/c1-36-10-3-2-4-11(7-10)39-23-21(35)13-6-5-12(8-14(13)40-24(23)25(31,32)33)38-15(34)9-37-22-19(29)17(27)16(26)18(28)20(22)30/h2-8H,9H2,1H3. The topological polar surface area (TPSA) is 84.2 Å². The van der Waals surface area contributed by atoms with Crippen molar-refractivity contribution in [2.45, 2.75) is 6.18 Å². The number of carbonyl (C=O) groups excluding carboxylic acids is 1. The predicted octanol–water partition coefficient (Wildman–Crippen LogP) is 6.29. The summed E-state index contributed by atoms with van der Waals surface area (Å²) in [6, 6.07) is 7.99. The summed E-state index contributed by atoms with van der Waals surface area (Å²) in [7, 11) is 1.31. The molecule has 3 aromatic carbocycles. The first-order chi connectivity index (χ1) is 18.8. The van der Waals surface area contributed by atoms with Crippen molar-refractivity contribution in [1.82, 2.24) is 0 Å². The molecular formula is C25H12F8O7. The van der Waals surface area contributed by atoms with Gasteiger partial charge in [0.05, 0.1) is 12.5 Å². The predicted molar refractivity (Wildman–Crippen MR) is 118 cm³/mol. The van der Waals surface area contributed by atoms with Gasteiger partial charge in [0.25, 0.3) is 5.76 Å². The summed E-state index contributed by atoms with van der Waals surface area (Å²) in [5.41, 5.74) is -1.93. The molecule has 0 aliphatic carbocycles. The van der Waals surface area contributed by atoms with E-state index in [2.05, 4.69) is 4.74 Å². The van der Waals surface area contributed by atoms with Crippen LogP contribution in [0.2, 0.25) is 0 Å². The number of benzene rings is 3. The normalized spacial score (nSPS) is 11.4. The minimum absolute atomic E-state index is 0.171. The largest absolute Gasteiger partial charge is 0.497 e. The Morgan fingerprint density at radius 1 is 0.825 bits per heavy atom. The zero-order valence-corrected chi connectivity index (χ0v) is 19.6. The molecule has 4 rings (SSSR count). The van der Waals surface area contributed by atoms with Crippen LogP contribution in [0.25, 0.3) is 11.0 Å². The molecule has 4 aromatic rings. The lowest BCUT2D eigenvalue weighted by Crippen LogP contribution is -2.19. The summed E-state index contributed by atoms with van der Waals surface area (Å²) in [4.78, 5) is 24.9. The Morgan fingerprint density at radius 3 is 2.08 bits per heavy atom. The van der Waals surface area contributed by atoms with Crippen molar-refractivity contribution >= 4 is 16.9 Å². The van der Waals surface area contributed by atoms with E-state index < -0.39 is 87.2 Å². The lowest BCUT2D eigenvalue weighted by Gasteiger charge is -2.14. The Hall–Kier alpha value is -4.82. The average Bonchev–Trinajstić information content (AvgIpc) is 2.91. The Morgan fingerprint density at radius 2 is 1.45 bits per heavy atom. The van der Waals surface area contributed by atoms with Gasteiger partial charge in [-0.2, -0.15) is 22.0 Å². The number of hydrogen-bond donors (Lipinski definition) is 0. The fourth-order valence-electron chi connectivity index (χ4n) is 3.29. The maximum absolute atomic E-state index is 13.7. The lowest BCUT2D eigenvalue weighted by atomic mass is 10.2. The van der Waals surface area contributed by atoms with Gasteiger partial charge in [-0.05, 0) is 24.3 Å². The van der Waals surface area contributed by atoms with E-state index in [0.717, 1.165) is 18.2 Å². The van der Waals surface area contributed by atoms with Crippen LogP contribution < -0.4 is 24.4 Å². The molecule has 0 unspecified atom stereocenters. The fraction of sp³-hybridized carbons (Fsp3) is 0.120. The molecule has 0 amide bonds. The van der Waals surface area contributed by atoms with Gasteiger partial charge in [-0.25, -0.2) is 18.0 Å². The fourth-order valence-corrected chi connectivity index (χ4v) is 3.29. The van der Waals surface area contributed by atoms with Crippen LogP contribution in [0.3, 0.4) is 0 Å². The first kappa shape index (κ1) is 28.2. The maximum atomic E-state index is 13.7. The van der Waals surface area contributed by atoms with Crippen LogP contribution in [0.5, 0.6) is 28.7 Å². The van der Waals surface area contributed by atoms with Crippen LogP contribution in [0.4, 0.5) is 35.1 Å². The van der Waals surface area contributed by atoms with Crippen LogP contribution in [0.15, 0.2) is 51.7 Å². The molecule has 7 nitrogen and oxygen atoms in total. The summed E-state index contributed by atoms with van der Waals surface area (Å²) >= 11 is 0. The highest BCUT2D eigenvalue weighted by atomic mass is 19.4. The molecule has 1 heterocycles. The summed E-state index contributed by atoms with van der Waals surface area (Å²) in [6.07, 6.45) is -5.21. The van der Waals surface area contributed by atoms with Crippen molar-refractivity contribution in [3.8, 4) is 28.7 Å². The van der Waals surface area contributed by atoms with E-state index in [1.165, 1.54) is 31.4 Å². The van der Waals surface area contributed by atoms with E-state index >= 15 is 0 Å². The SMILES string of the molecule is COc1cccc(Oc2c(C(F)(F)F)oc3cc(OC(=O)COc4c(F)c(F)c(F)c(F)c4F)ccc3c2=O)c1. The number of fused-ring (bicyclic) bond motifs is 1. The van der Waals surface area contributed by atoms with Crippen molar-refractivity contribution in [2.24, 2.45) is 0 Å². The van der Waals surface area contributed by atoms with Crippen molar-refractivity contribution < 1.29 is 63.3 Å². The van der Waals surface area contributed by atoms with Crippen LogP contribution in [-0.4, -0.2) is 19.7 Å². The Labute approximate surface area is 217 Å². The molecule has 0 aliphatic rings. The van der Waals surface area contributed by atoms with Crippen LogP contribution >= 0.6 is 0 Å². The van der Waals surface area contributed by atoms with E-state index in [9.17, 15) is 44.7 Å². The number of halogens is 8. The summed E-state index contributed by atoms with van der Waals surface area (Å²) < 4.78 is 132. The molecule has 0 spiro atoms. The van der Waals surface area contributed by atoms with E-state index in [0.29, 0.717) is 0 Å². The summed E-state index contributed by atoms with van der Waals surface area (Å²) in [6.45, 7) is -1.37. The first-order valence-electron chi connectivity index (χ1n) is 10.7. The highest BCUT2D eigenvalue weighted by Gasteiger charge is 2.40. The smallest absolute Gasteiger partial charge is 0.453 e. The molecule has 0 saturated heterocycles. The number of carbonyl (C=O) groups is 1. The van der Waals surface area contributed by atoms with Gasteiger partial charge < -0.3 is 23.4 Å². The molecule has 0 N–H and O–H groups in total. The number of rotatable bonds is 7. The highest BCUT2D eigenvalue weighted by molar-refractivity contribution is 5.81. The average molecular weight is 576 g/mol. The minimum Gasteiger partial charge on any atom is -0.497 e. The third-order valence-electron chi connectivity index (χ3n) is 5.08. The molecule has 0 saturated carbocycles. The molecule has 0 radical (unpaired) electrons. The van der Waals surface area contributed by atoms with Crippen molar-refractivity contribution in [2.75, 3.05) is 13.7 Å². The third kappa shape index (κ3) is 5.48. The van der Waals surface area contributed by atoms with Crippen LogP contribution in [-0.2, 0) is 11.0 Å². The molecule has 0 aliphatic heterocycles. The van der Waals surface area contributed by atoms with Crippen molar-refractivity contribution in [3.05, 3.63) is 87.5 Å². The number of alkyl halides is 3. The summed E-state index contributed by atoms with van der Waals surface area (Å²) in [5.74, 6) is -18.4. The zero-order chi connectivity index (χ0) is 29.4. The maximum Gasteiger partial charge on any atom is 0.453 e. The summed E-state index contributed by atoms with van der Waals surface area (Å²) in [5, 5.41) is -0.414. The van der Waals surface area contributed by atoms with E-state index in [1.807, 2.05) is 0 Å².